The lowest BCUT2D eigenvalue weighted by atomic mass is 9.93. The first-order chi connectivity index (χ1) is 6.07. The third kappa shape index (κ3) is 1.13. The van der Waals surface area contributed by atoms with Crippen LogP contribution in [0.1, 0.15) is 20.3 Å². The SMILES string of the molecule is CC1(C)O[C@H]2[C@@H]3O[C@@H]3[C@H](O)C[C@H]2O1. The number of hydrogen-bond acceptors (Lipinski definition) is 4. The molecule has 4 nitrogen and oxygen atoms in total. The molecule has 1 aliphatic carbocycles. The van der Waals surface area contributed by atoms with Gasteiger partial charge in [-0.2, -0.15) is 0 Å². The zero-order chi connectivity index (χ0) is 9.22. The second-order valence-corrected chi connectivity index (χ2v) is 4.51. The summed E-state index contributed by atoms with van der Waals surface area (Å²) in [6.45, 7) is 3.80. The summed E-state index contributed by atoms with van der Waals surface area (Å²) in [5.41, 5.74) is 0. The first-order valence-electron chi connectivity index (χ1n) is 4.76. The van der Waals surface area contributed by atoms with Crippen LogP contribution in [0.4, 0.5) is 0 Å². The van der Waals surface area contributed by atoms with Crippen LogP contribution >= 0.6 is 0 Å². The maximum Gasteiger partial charge on any atom is 0.163 e. The van der Waals surface area contributed by atoms with Crippen molar-refractivity contribution >= 4 is 0 Å². The van der Waals surface area contributed by atoms with E-state index >= 15 is 0 Å². The Morgan fingerprint density at radius 2 is 1.92 bits per heavy atom. The van der Waals surface area contributed by atoms with Crippen molar-refractivity contribution in [3.63, 3.8) is 0 Å². The third-order valence-electron chi connectivity index (χ3n) is 2.96. The molecule has 0 aromatic rings. The second kappa shape index (κ2) is 2.25. The van der Waals surface area contributed by atoms with Crippen LogP contribution in [0.2, 0.25) is 0 Å². The Bertz CT molecular complexity index is 240. The van der Waals surface area contributed by atoms with Gasteiger partial charge in [0.1, 0.15) is 18.3 Å². The molecule has 1 saturated carbocycles. The van der Waals surface area contributed by atoms with Gasteiger partial charge in [0.15, 0.2) is 5.79 Å². The largest absolute Gasteiger partial charge is 0.390 e. The van der Waals surface area contributed by atoms with E-state index in [-0.39, 0.29) is 30.5 Å². The van der Waals surface area contributed by atoms with Gasteiger partial charge < -0.3 is 19.3 Å². The van der Waals surface area contributed by atoms with E-state index in [2.05, 4.69) is 0 Å². The highest BCUT2D eigenvalue weighted by molar-refractivity contribution is 5.07. The van der Waals surface area contributed by atoms with Crippen LogP contribution < -0.4 is 0 Å². The topological polar surface area (TPSA) is 51.2 Å². The van der Waals surface area contributed by atoms with E-state index in [1.54, 1.807) is 0 Å². The van der Waals surface area contributed by atoms with Crippen molar-refractivity contribution in [3.05, 3.63) is 0 Å². The molecule has 3 aliphatic rings. The predicted octanol–water partition coefficient (Wildman–Crippen LogP) is 0.0385. The summed E-state index contributed by atoms with van der Waals surface area (Å²) in [6.07, 6.45) is 0.366. The highest BCUT2D eigenvalue weighted by Crippen LogP contribution is 2.45. The van der Waals surface area contributed by atoms with E-state index < -0.39 is 5.79 Å². The monoisotopic (exact) mass is 186 g/mol. The Morgan fingerprint density at radius 1 is 1.15 bits per heavy atom. The van der Waals surface area contributed by atoms with Gasteiger partial charge in [-0.25, -0.2) is 0 Å². The number of rotatable bonds is 0. The quantitative estimate of drug-likeness (QED) is 0.543. The van der Waals surface area contributed by atoms with Crippen LogP contribution in [0.3, 0.4) is 0 Å². The Hall–Kier alpha value is -0.160. The van der Waals surface area contributed by atoms with Crippen molar-refractivity contribution in [1.82, 2.24) is 0 Å². The maximum absolute atomic E-state index is 9.58. The molecule has 2 heterocycles. The third-order valence-corrected chi connectivity index (χ3v) is 2.96. The number of epoxide rings is 1. The zero-order valence-corrected chi connectivity index (χ0v) is 7.77. The van der Waals surface area contributed by atoms with E-state index in [4.69, 9.17) is 14.2 Å². The van der Waals surface area contributed by atoms with Gasteiger partial charge in [-0.05, 0) is 13.8 Å². The molecule has 2 aliphatic heterocycles. The molecular formula is C9H14O4. The number of ether oxygens (including phenoxy) is 3. The van der Waals surface area contributed by atoms with Crippen LogP contribution in [-0.4, -0.2) is 41.4 Å². The Balaban J connectivity index is 1.81. The standard InChI is InChI=1S/C9H14O4/c1-9(2)12-5-3-4(10)6-8(11-6)7(5)13-9/h4-8,10H,3H2,1-2H3/t4-,5-,6-,7-,8-/m1/s1. The molecule has 2 saturated heterocycles. The molecule has 74 valence electrons. The lowest BCUT2D eigenvalue weighted by Crippen LogP contribution is -2.40. The van der Waals surface area contributed by atoms with E-state index in [0.29, 0.717) is 6.42 Å². The summed E-state index contributed by atoms with van der Waals surface area (Å²) >= 11 is 0. The first kappa shape index (κ1) is 8.17. The Morgan fingerprint density at radius 3 is 2.69 bits per heavy atom. The van der Waals surface area contributed by atoms with Crippen LogP contribution in [0.25, 0.3) is 0 Å². The van der Waals surface area contributed by atoms with Gasteiger partial charge in [0, 0.05) is 6.42 Å². The van der Waals surface area contributed by atoms with Crippen LogP contribution in [0.5, 0.6) is 0 Å². The van der Waals surface area contributed by atoms with Gasteiger partial charge in [0.2, 0.25) is 0 Å². The van der Waals surface area contributed by atoms with Crippen LogP contribution in [0, 0.1) is 0 Å². The summed E-state index contributed by atoms with van der Waals surface area (Å²) in [6, 6.07) is 0. The Labute approximate surface area is 76.8 Å². The summed E-state index contributed by atoms with van der Waals surface area (Å²) in [4.78, 5) is 0. The van der Waals surface area contributed by atoms with E-state index in [1.807, 2.05) is 13.8 Å². The summed E-state index contributed by atoms with van der Waals surface area (Å²) in [5, 5.41) is 9.58. The molecule has 3 fully saturated rings. The van der Waals surface area contributed by atoms with Crippen molar-refractivity contribution in [3.8, 4) is 0 Å². The van der Waals surface area contributed by atoms with E-state index in [9.17, 15) is 5.11 Å². The normalized spacial score (nSPS) is 57.0. The Kier molecular flexibility index (Phi) is 1.42. The van der Waals surface area contributed by atoms with Gasteiger partial charge in [-0.3, -0.25) is 0 Å². The molecule has 5 atom stereocenters. The molecule has 0 amide bonds. The number of aliphatic hydroxyl groups is 1. The molecular weight excluding hydrogens is 172 g/mol. The molecule has 1 N–H and O–H groups in total. The highest BCUT2D eigenvalue weighted by Gasteiger charge is 2.61. The summed E-state index contributed by atoms with van der Waals surface area (Å²) < 4.78 is 16.7. The van der Waals surface area contributed by atoms with Crippen LogP contribution in [0.15, 0.2) is 0 Å². The molecule has 3 rings (SSSR count). The van der Waals surface area contributed by atoms with Crippen molar-refractivity contribution < 1.29 is 19.3 Å². The second-order valence-electron chi connectivity index (χ2n) is 4.51. The number of aliphatic hydroxyl groups excluding tert-OH is 1. The minimum atomic E-state index is -0.518. The fourth-order valence-corrected chi connectivity index (χ4v) is 2.41. The fraction of sp³-hybridized carbons (Fsp3) is 1.00. The van der Waals surface area contributed by atoms with E-state index in [0.717, 1.165) is 0 Å². The van der Waals surface area contributed by atoms with Crippen molar-refractivity contribution in [2.75, 3.05) is 0 Å². The smallest absolute Gasteiger partial charge is 0.163 e. The van der Waals surface area contributed by atoms with Crippen LogP contribution in [-0.2, 0) is 14.2 Å². The first-order valence-corrected chi connectivity index (χ1v) is 4.76. The molecule has 0 spiro atoms. The molecule has 0 aromatic heterocycles. The van der Waals surface area contributed by atoms with Crippen molar-refractivity contribution in [2.24, 2.45) is 0 Å². The summed E-state index contributed by atoms with van der Waals surface area (Å²) in [5.74, 6) is -0.518. The van der Waals surface area contributed by atoms with E-state index in [1.165, 1.54) is 0 Å². The van der Waals surface area contributed by atoms with Gasteiger partial charge in [-0.1, -0.05) is 0 Å². The minimum absolute atomic E-state index is 0.00116. The van der Waals surface area contributed by atoms with Gasteiger partial charge in [-0.15, -0.1) is 0 Å². The average Bonchev–Trinajstić information content (AvgIpc) is 2.71. The molecule has 0 bridgehead atoms. The molecule has 0 unspecified atom stereocenters. The molecule has 4 heteroatoms. The zero-order valence-electron chi connectivity index (χ0n) is 7.77. The number of fused-ring (bicyclic) bond motifs is 3. The lowest BCUT2D eigenvalue weighted by molar-refractivity contribution is -0.149. The van der Waals surface area contributed by atoms with Gasteiger partial charge in [0.25, 0.3) is 0 Å². The van der Waals surface area contributed by atoms with Crippen molar-refractivity contribution in [2.45, 2.75) is 56.6 Å². The number of hydrogen-bond donors (Lipinski definition) is 1. The lowest BCUT2D eigenvalue weighted by Gasteiger charge is -2.22. The molecule has 0 aromatic carbocycles. The molecule has 0 radical (unpaired) electrons. The average molecular weight is 186 g/mol. The fourth-order valence-electron chi connectivity index (χ4n) is 2.41. The minimum Gasteiger partial charge on any atom is -0.390 e. The van der Waals surface area contributed by atoms with Gasteiger partial charge >= 0.3 is 0 Å². The van der Waals surface area contributed by atoms with Gasteiger partial charge in [0.05, 0.1) is 12.2 Å². The summed E-state index contributed by atoms with van der Waals surface area (Å²) in [7, 11) is 0. The highest BCUT2D eigenvalue weighted by atomic mass is 16.8. The van der Waals surface area contributed by atoms with Crippen molar-refractivity contribution in [1.29, 1.82) is 0 Å². The predicted molar refractivity (Wildman–Crippen MR) is 43.1 cm³/mol. The maximum atomic E-state index is 9.58. The molecule has 13 heavy (non-hydrogen) atoms.